The van der Waals surface area contributed by atoms with Crippen molar-refractivity contribution in [3.63, 3.8) is 0 Å². The third kappa shape index (κ3) is 3.42. The molecule has 2 aromatic rings. The first kappa shape index (κ1) is 14.2. The van der Waals surface area contributed by atoms with Crippen LogP contribution in [0.4, 0.5) is 0 Å². The van der Waals surface area contributed by atoms with E-state index >= 15 is 0 Å². The highest BCUT2D eigenvalue weighted by Gasteiger charge is 2.15. The number of methoxy groups -OCH3 is 1. The van der Waals surface area contributed by atoms with E-state index in [1.54, 1.807) is 18.4 Å². The first-order valence-electron chi connectivity index (χ1n) is 5.29. The van der Waals surface area contributed by atoms with Crippen molar-refractivity contribution < 1.29 is 9.15 Å². The van der Waals surface area contributed by atoms with E-state index in [-0.39, 0.29) is 0 Å². The number of ether oxygens (including phenoxy) is 1. The van der Waals surface area contributed by atoms with Gasteiger partial charge < -0.3 is 14.5 Å². The van der Waals surface area contributed by atoms with Crippen molar-refractivity contribution >= 4 is 43.2 Å². The topological polar surface area (TPSA) is 47.3 Å². The molecule has 7 heteroatoms. The Morgan fingerprint density at radius 2 is 2.33 bits per heavy atom. The van der Waals surface area contributed by atoms with Crippen molar-refractivity contribution in [3.05, 3.63) is 25.7 Å². The van der Waals surface area contributed by atoms with Crippen LogP contribution in [0, 0.1) is 0 Å². The van der Waals surface area contributed by atoms with Gasteiger partial charge in [0.2, 0.25) is 0 Å². The summed E-state index contributed by atoms with van der Waals surface area (Å²) in [5.74, 6) is 0.800. The van der Waals surface area contributed by atoms with E-state index in [9.17, 15) is 0 Å². The highest BCUT2D eigenvalue weighted by atomic mass is 79.9. The average Bonchev–Trinajstić information content (AvgIpc) is 2.91. The van der Waals surface area contributed by atoms with Gasteiger partial charge in [-0.1, -0.05) is 0 Å². The van der Waals surface area contributed by atoms with Crippen LogP contribution < -0.4 is 5.32 Å². The first-order chi connectivity index (χ1) is 8.72. The lowest BCUT2D eigenvalue weighted by atomic mass is 10.2. The molecule has 4 nitrogen and oxygen atoms in total. The number of aromatic nitrogens is 1. The van der Waals surface area contributed by atoms with Crippen LogP contribution >= 0.6 is 43.2 Å². The van der Waals surface area contributed by atoms with Crippen LogP contribution in [0.2, 0.25) is 0 Å². The Hall–Kier alpha value is -0.210. The lowest BCUT2D eigenvalue weighted by Gasteiger charge is -2.03. The summed E-state index contributed by atoms with van der Waals surface area (Å²) in [6.07, 6.45) is 1.47. The third-order valence-corrected chi connectivity index (χ3v) is 4.66. The van der Waals surface area contributed by atoms with Crippen molar-refractivity contribution in [2.75, 3.05) is 20.3 Å². The van der Waals surface area contributed by atoms with Gasteiger partial charge in [0.15, 0.2) is 12.2 Å². The summed E-state index contributed by atoms with van der Waals surface area (Å²) in [5, 5.41) is 3.25. The number of hydrogen-bond donors (Lipinski definition) is 1. The summed E-state index contributed by atoms with van der Waals surface area (Å²) in [5.41, 5.74) is 1.92. The normalized spacial score (nSPS) is 11.1. The van der Waals surface area contributed by atoms with E-state index in [4.69, 9.17) is 9.15 Å². The summed E-state index contributed by atoms with van der Waals surface area (Å²) in [4.78, 5) is 4.24. The molecule has 0 aliphatic carbocycles. The molecule has 0 aliphatic heterocycles. The van der Waals surface area contributed by atoms with E-state index in [1.165, 1.54) is 6.39 Å². The number of thiophene rings is 1. The zero-order valence-corrected chi connectivity index (χ0v) is 13.7. The van der Waals surface area contributed by atoms with E-state index in [2.05, 4.69) is 42.2 Å². The van der Waals surface area contributed by atoms with Gasteiger partial charge in [-0.25, -0.2) is 4.98 Å². The van der Waals surface area contributed by atoms with Crippen molar-refractivity contribution in [1.82, 2.24) is 10.3 Å². The second kappa shape index (κ2) is 6.81. The Bertz CT molecular complexity index is 513. The second-order valence-corrected chi connectivity index (χ2v) is 7.28. The fourth-order valence-electron chi connectivity index (χ4n) is 1.49. The number of halogens is 2. The molecule has 2 heterocycles. The molecule has 0 saturated carbocycles. The molecule has 0 unspecified atom stereocenters. The van der Waals surface area contributed by atoms with Gasteiger partial charge in [0, 0.05) is 25.8 Å². The fraction of sp³-hybridized carbons (Fsp3) is 0.364. The number of nitrogens with one attached hydrogen (secondary N) is 1. The molecule has 1 N–H and O–H groups in total. The van der Waals surface area contributed by atoms with E-state index in [0.29, 0.717) is 13.2 Å². The first-order valence-corrected chi connectivity index (χ1v) is 7.70. The maximum absolute atomic E-state index is 5.48. The minimum Gasteiger partial charge on any atom is -0.443 e. The SMILES string of the molecule is COCCNCc1ncoc1-c1cc(Br)sc1Br. The predicted molar refractivity (Wildman–Crippen MR) is 78.8 cm³/mol. The molecule has 0 bridgehead atoms. The van der Waals surface area contributed by atoms with Gasteiger partial charge in [0.05, 0.1) is 14.2 Å². The summed E-state index contributed by atoms with van der Waals surface area (Å²) in [6, 6.07) is 2.02. The maximum atomic E-state index is 5.48. The monoisotopic (exact) mass is 394 g/mol. The minimum absolute atomic E-state index is 0.662. The standard InChI is InChI=1S/C11H12Br2N2O2S/c1-16-3-2-14-5-8-10(17-6-15-8)7-4-9(12)18-11(7)13/h4,6,14H,2-3,5H2,1H3. The van der Waals surface area contributed by atoms with Gasteiger partial charge in [0.25, 0.3) is 0 Å². The summed E-state index contributed by atoms with van der Waals surface area (Å²) in [6.45, 7) is 2.13. The number of oxazole rings is 1. The van der Waals surface area contributed by atoms with Crippen LogP contribution in [0.1, 0.15) is 5.69 Å². The minimum atomic E-state index is 0.662. The Labute approximate surface area is 126 Å². The highest BCUT2D eigenvalue weighted by molar-refractivity contribution is 9.12. The zero-order chi connectivity index (χ0) is 13.0. The molecule has 0 aliphatic rings. The van der Waals surface area contributed by atoms with Crippen molar-refractivity contribution in [2.24, 2.45) is 0 Å². The van der Waals surface area contributed by atoms with Gasteiger partial charge in [-0.3, -0.25) is 0 Å². The zero-order valence-electron chi connectivity index (χ0n) is 9.70. The largest absolute Gasteiger partial charge is 0.443 e. The molecular weight excluding hydrogens is 384 g/mol. The third-order valence-electron chi connectivity index (χ3n) is 2.32. The van der Waals surface area contributed by atoms with Gasteiger partial charge in [-0.2, -0.15) is 0 Å². The molecule has 2 aromatic heterocycles. The van der Waals surface area contributed by atoms with Crippen LogP contribution in [-0.2, 0) is 11.3 Å². The molecule has 0 aromatic carbocycles. The van der Waals surface area contributed by atoms with Gasteiger partial charge in [-0.05, 0) is 37.9 Å². The number of hydrogen-bond acceptors (Lipinski definition) is 5. The Morgan fingerprint density at radius 3 is 3.00 bits per heavy atom. The highest BCUT2D eigenvalue weighted by Crippen LogP contribution is 2.39. The van der Waals surface area contributed by atoms with Gasteiger partial charge >= 0.3 is 0 Å². The lowest BCUT2D eigenvalue weighted by Crippen LogP contribution is -2.19. The molecular formula is C11H12Br2N2O2S. The van der Waals surface area contributed by atoms with Crippen molar-refractivity contribution in [3.8, 4) is 11.3 Å². The quantitative estimate of drug-likeness (QED) is 0.758. The predicted octanol–water partition coefficient (Wildman–Crippen LogP) is 3.66. The summed E-state index contributed by atoms with van der Waals surface area (Å²) < 4.78 is 12.5. The summed E-state index contributed by atoms with van der Waals surface area (Å²) in [7, 11) is 1.68. The molecule has 0 saturated heterocycles. The lowest BCUT2D eigenvalue weighted by molar-refractivity contribution is 0.199. The van der Waals surface area contributed by atoms with E-state index in [0.717, 1.165) is 31.1 Å². The molecule has 0 amide bonds. The van der Waals surface area contributed by atoms with Crippen molar-refractivity contribution in [2.45, 2.75) is 6.54 Å². The van der Waals surface area contributed by atoms with E-state index in [1.807, 2.05) is 6.07 Å². The molecule has 0 radical (unpaired) electrons. The molecule has 0 spiro atoms. The second-order valence-electron chi connectivity index (χ2n) is 3.54. The summed E-state index contributed by atoms with van der Waals surface area (Å²) >= 11 is 8.60. The smallest absolute Gasteiger partial charge is 0.181 e. The molecule has 18 heavy (non-hydrogen) atoms. The van der Waals surface area contributed by atoms with Crippen molar-refractivity contribution in [1.29, 1.82) is 0 Å². The van der Waals surface area contributed by atoms with Crippen LogP contribution in [0.25, 0.3) is 11.3 Å². The number of rotatable bonds is 6. The fourth-order valence-corrected chi connectivity index (χ4v) is 4.28. The average molecular weight is 396 g/mol. The van der Waals surface area contributed by atoms with Crippen LogP contribution in [0.3, 0.4) is 0 Å². The Balaban J connectivity index is 2.10. The Morgan fingerprint density at radius 1 is 1.50 bits per heavy atom. The molecule has 98 valence electrons. The Kier molecular flexibility index (Phi) is 5.38. The van der Waals surface area contributed by atoms with Gasteiger partial charge in [0.1, 0.15) is 5.69 Å². The maximum Gasteiger partial charge on any atom is 0.181 e. The molecule has 0 fully saturated rings. The molecule has 2 rings (SSSR count). The number of nitrogens with zero attached hydrogens (tertiary/aromatic N) is 1. The van der Waals surface area contributed by atoms with Crippen LogP contribution in [0.15, 0.2) is 24.4 Å². The van der Waals surface area contributed by atoms with Gasteiger partial charge in [-0.15, -0.1) is 11.3 Å². The van der Waals surface area contributed by atoms with Crippen LogP contribution in [0.5, 0.6) is 0 Å². The van der Waals surface area contributed by atoms with Crippen LogP contribution in [-0.4, -0.2) is 25.2 Å². The van der Waals surface area contributed by atoms with E-state index < -0.39 is 0 Å². The molecule has 0 atom stereocenters.